The Morgan fingerprint density at radius 1 is 1.07 bits per heavy atom. The van der Waals surface area contributed by atoms with Gasteiger partial charge in [-0.05, 0) is 44.0 Å². The van der Waals surface area contributed by atoms with Crippen LogP contribution in [0, 0.1) is 6.92 Å². The first-order valence-corrected chi connectivity index (χ1v) is 10.0. The van der Waals surface area contributed by atoms with E-state index in [0.29, 0.717) is 41.8 Å². The number of hydrogen-bond acceptors (Lipinski definition) is 5. The monoisotopic (exact) mass is 397 g/mol. The molecule has 0 unspecified atom stereocenters. The molecule has 0 aliphatic carbocycles. The number of nitrogens with zero attached hydrogens (tertiary/aromatic N) is 1. The van der Waals surface area contributed by atoms with Crippen LogP contribution in [-0.2, 0) is 13.0 Å². The standard InChI is InChI=1S/C22H23NO4S/c1-4-17-20(22(24)25)28-21(23-17)16-10-11-18(19(12-16)26-5-2)27-13-15-8-6-14(3)7-9-15/h6-12H,4-5,13H2,1-3H3,(H,24,25). The van der Waals surface area contributed by atoms with Crippen molar-refractivity contribution in [1.82, 2.24) is 4.98 Å². The second-order valence-electron chi connectivity index (χ2n) is 6.32. The molecule has 0 fully saturated rings. The SMILES string of the molecule is CCOc1cc(-c2nc(CC)c(C(=O)O)s2)ccc1OCc1ccc(C)cc1. The van der Waals surface area contributed by atoms with Crippen LogP contribution >= 0.6 is 11.3 Å². The third-order valence-corrected chi connectivity index (χ3v) is 5.37. The normalized spacial score (nSPS) is 10.7. The molecule has 0 amide bonds. The molecular formula is C22H23NO4S. The largest absolute Gasteiger partial charge is 0.490 e. The number of benzene rings is 2. The Morgan fingerprint density at radius 3 is 2.43 bits per heavy atom. The Balaban J connectivity index is 1.86. The van der Waals surface area contributed by atoms with Crippen LogP contribution in [0.4, 0.5) is 0 Å². The van der Waals surface area contributed by atoms with Crippen molar-refractivity contribution in [2.24, 2.45) is 0 Å². The summed E-state index contributed by atoms with van der Waals surface area (Å²) in [6, 6.07) is 13.8. The molecule has 1 heterocycles. The fraction of sp³-hybridized carbons (Fsp3) is 0.273. The van der Waals surface area contributed by atoms with Crippen molar-refractivity contribution in [3.05, 3.63) is 64.2 Å². The van der Waals surface area contributed by atoms with E-state index in [0.717, 1.165) is 11.1 Å². The van der Waals surface area contributed by atoms with Crippen molar-refractivity contribution in [3.8, 4) is 22.1 Å². The Hall–Kier alpha value is -2.86. The molecule has 1 N–H and O–H groups in total. The molecule has 3 aromatic rings. The van der Waals surface area contributed by atoms with Crippen molar-refractivity contribution < 1.29 is 19.4 Å². The van der Waals surface area contributed by atoms with Gasteiger partial charge in [-0.15, -0.1) is 11.3 Å². The fourth-order valence-electron chi connectivity index (χ4n) is 2.76. The molecule has 146 valence electrons. The summed E-state index contributed by atoms with van der Waals surface area (Å²) < 4.78 is 11.7. The van der Waals surface area contributed by atoms with E-state index in [9.17, 15) is 9.90 Å². The van der Waals surface area contributed by atoms with Crippen LogP contribution in [0.15, 0.2) is 42.5 Å². The number of hydrogen-bond donors (Lipinski definition) is 1. The maximum Gasteiger partial charge on any atom is 0.347 e. The highest BCUT2D eigenvalue weighted by Gasteiger charge is 2.18. The number of aromatic nitrogens is 1. The average molecular weight is 397 g/mol. The highest BCUT2D eigenvalue weighted by molar-refractivity contribution is 7.17. The molecule has 6 heteroatoms. The number of carboxylic acid groups (broad SMARTS) is 1. The summed E-state index contributed by atoms with van der Waals surface area (Å²) in [6.07, 6.45) is 0.578. The number of rotatable bonds is 8. The third-order valence-electron chi connectivity index (χ3n) is 4.23. The first kappa shape index (κ1) is 19.9. The summed E-state index contributed by atoms with van der Waals surface area (Å²) in [5.41, 5.74) is 3.71. The van der Waals surface area contributed by atoms with Gasteiger partial charge in [0.15, 0.2) is 11.5 Å². The van der Waals surface area contributed by atoms with Gasteiger partial charge >= 0.3 is 5.97 Å². The molecule has 0 atom stereocenters. The van der Waals surface area contributed by atoms with Gasteiger partial charge in [0.2, 0.25) is 0 Å². The van der Waals surface area contributed by atoms with Crippen LogP contribution in [0.5, 0.6) is 11.5 Å². The summed E-state index contributed by atoms with van der Waals surface area (Å²) >= 11 is 1.18. The summed E-state index contributed by atoms with van der Waals surface area (Å²) in [5, 5.41) is 10.0. The van der Waals surface area contributed by atoms with Gasteiger partial charge < -0.3 is 14.6 Å². The molecule has 28 heavy (non-hydrogen) atoms. The number of aromatic carboxylic acids is 1. The van der Waals surface area contributed by atoms with Crippen molar-refractivity contribution in [1.29, 1.82) is 0 Å². The first-order valence-electron chi connectivity index (χ1n) is 9.20. The van der Waals surface area contributed by atoms with E-state index in [4.69, 9.17) is 9.47 Å². The maximum absolute atomic E-state index is 11.4. The molecule has 0 aliphatic heterocycles. The third kappa shape index (κ3) is 4.51. The maximum atomic E-state index is 11.4. The second kappa shape index (κ2) is 8.89. The van der Waals surface area contributed by atoms with Gasteiger partial charge in [-0.25, -0.2) is 9.78 Å². The van der Waals surface area contributed by atoms with Gasteiger partial charge in [0.25, 0.3) is 0 Å². The van der Waals surface area contributed by atoms with Gasteiger partial charge in [-0.2, -0.15) is 0 Å². The van der Waals surface area contributed by atoms with E-state index in [1.807, 2.05) is 44.2 Å². The molecule has 1 aromatic heterocycles. The number of thiazole rings is 1. The van der Waals surface area contributed by atoms with E-state index in [1.54, 1.807) is 0 Å². The minimum Gasteiger partial charge on any atom is -0.490 e. The summed E-state index contributed by atoms with van der Waals surface area (Å²) in [5.74, 6) is 0.331. The summed E-state index contributed by atoms with van der Waals surface area (Å²) in [4.78, 5) is 16.2. The van der Waals surface area contributed by atoms with Crippen LogP contribution in [0.1, 0.15) is 40.3 Å². The molecular weight excluding hydrogens is 374 g/mol. The predicted molar refractivity (Wildman–Crippen MR) is 111 cm³/mol. The fourth-order valence-corrected chi connectivity index (χ4v) is 3.75. The molecule has 0 bridgehead atoms. The van der Waals surface area contributed by atoms with Crippen molar-refractivity contribution in [3.63, 3.8) is 0 Å². The van der Waals surface area contributed by atoms with E-state index >= 15 is 0 Å². The zero-order valence-electron chi connectivity index (χ0n) is 16.2. The Kier molecular flexibility index (Phi) is 6.31. The van der Waals surface area contributed by atoms with Crippen LogP contribution < -0.4 is 9.47 Å². The molecule has 2 aromatic carbocycles. The first-order chi connectivity index (χ1) is 13.5. The smallest absolute Gasteiger partial charge is 0.347 e. The van der Waals surface area contributed by atoms with E-state index in [2.05, 4.69) is 24.0 Å². The van der Waals surface area contributed by atoms with Crippen molar-refractivity contribution in [2.45, 2.75) is 33.8 Å². The van der Waals surface area contributed by atoms with Crippen LogP contribution in [-0.4, -0.2) is 22.7 Å². The highest BCUT2D eigenvalue weighted by Crippen LogP contribution is 2.36. The Labute approximate surface area is 168 Å². The van der Waals surface area contributed by atoms with Gasteiger partial charge in [-0.3, -0.25) is 0 Å². The summed E-state index contributed by atoms with van der Waals surface area (Å²) in [7, 11) is 0. The molecule has 3 rings (SSSR count). The van der Waals surface area contributed by atoms with Crippen LogP contribution in [0.2, 0.25) is 0 Å². The lowest BCUT2D eigenvalue weighted by Crippen LogP contribution is -2.00. The molecule has 5 nitrogen and oxygen atoms in total. The number of carbonyl (C=O) groups is 1. The molecule has 0 saturated heterocycles. The average Bonchev–Trinajstić information content (AvgIpc) is 3.13. The molecule has 0 saturated carbocycles. The van der Waals surface area contributed by atoms with E-state index in [1.165, 1.54) is 16.9 Å². The van der Waals surface area contributed by atoms with Gasteiger partial charge in [0.05, 0.1) is 12.3 Å². The predicted octanol–water partition coefficient (Wildman–Crippen LogP) is 5.36. The van der Waals surface area contributed by atoms with Gasteiger partial charge in [-0.1, -0.05) is 36.8 Å². The zero-order chi connectivity index (χ0) is 20.1. The number of ether oxygens (including phenoxy) is 2. The van der Waals surface area contributed by atoms with Crippen molar-refractivity contribution in [2.75, 3.05) is 6.61 Å². The summed E-state index contributed by atoms with van der Waals surface area (Å²) in [6.45, 7) is 6.81. The van der Waals surface area contributed by atoms with Crippen molar-refractivity contribution >= 4 is 17.3 Å². The lowest BCUT2D eigenvalue weighted by molar-refractivity contribution is 0.0701. The lowest BCUT2D eigenvalue weighted by atomic mass is 10.1. The molecule has 0 radical (unpaired) electrons. The number of carboxylic acids is 1. The van der Waals surface area contributed by atoms with Gasteiger partial charge in [0.1, 0.15) is 16.5 Å². The topological polar surface area (TPSA) is 68.7 Å². The Bertz CT molecular complexity index is 963. The minimum absolute atomic E-state index is 0.287. The quantitative estimate of drug-likeness (QED) is 0.554. The molecule has 0 aliphatic rings. The number of aryl methyl sites for hydroxylation is 2. The van der Waals surface area contributed by atoms with Gasteiger partial charge in [0, 0.05) is 5.56 Å². The lowest BCUT2D eigenvalue weighted by Gasteiger charge is -2.13. The van der Waals surface area contributed by atoms with E-state index in [-0.39, 0.29) is 4.88 Å². The second-order valence-corrected chi connectivity index (χ2v) is 7.32. The highest BCUT2D eigenvalue weighted by atomic mass is 32.1. The van der Waals surface area contributed by atoms with Crippen LogP contribution in [0.3, 0.4) is 0 Å². The molecule has 0 spiro atoms. The minimum atomic E-state index is -0.941. The zero-order valence-corrected chi connectivity index (χ0v) is 17.0. The Morgan fingerprint density at radius 2 is 1.82 bits per heavy atom. The van der Waals surface area contributed by atoms with E-state index < -0.39 is 5.97 Å². The van der Waals surface area contributed by atoms with Crippen LogP contribution in [0.25, 0.3) is 10.6 Å².